The summed E-state index contributed by atoms with van der Waals surface area (Å²) in [6, 6.07) is 8.71. The Morgan fingerprint density at radius 2 is 1.72 bits per heavy atom. The Morgan fingerprint density at radius 3 is 2.32 bits per heavy atom. The monoisotopic (exact) mass is 425 g/mol. The van der Waals surface area contributed by atoms with E-state index in [1.165, 1.54) is 20.3 Å². The van der Waals surface area contributed by atoms with E-state index in [9.17, 15) is 4.79 Å². The van der Waals surface area contributed by atoms with Gasteiger partial charge >= 0.3 is 0 Å². The van der Waals surface area contributed by atoms with Crippen LogP contribution in [0.1, 0.15) is 5.56 Å². The molecule has 1 amide bonds. The number of carbonyl (C=O) groups excluding carboxylic acids is 1. The molecule has 0 unspecified atom stereocenters. The second kappa shape index (κ2) is 8.78. The van der Waals surface area contributed by atoms with Crippen molar-refractivity contribution in [1.29, 1.82) is 0 Å². The summed E-state index contributed by atoms with van der Waals surface area (Å²) in [6.45, 7) is 0. The van der Waals surface area contributed by atoms with Gasteiger partial charge in [0.15, 0.2) is 0 Å². The number of ether oxygens (including phenoxy) is 3. The summed E-state index contributed by atoms with van der Waals surface area (Å²) < 4.78 is 16.4. The highest BCUT2D eigenvalue weighted by Gasteiger charge is 2.11. The van der Waals surface area contributed by atoms with Gasteiger partial charge in [0.2, 0.25) is 5.91 Å². The average Bonchev–Trinajstić information content (AvgIpc) is 2.61. The standard InChI is InChI=1S/C18H17BrClNO4/c1-23-15-6-4-11(8-12(15)19)5-7-18(22)21-14-10-16(24-2)13(20)9-17(14)25-3/h4-10H,1-3H3,(H,21,22)/b7-5+. The number of carbonyl (C=O) groups is 1. The summed E-state index contributed by atoms with van der Waals surface area (Å²) in [6.07, 6.45) is 3.12. The SMILES string of the molecule is COc1cc(NC(=O)/C=C/c2ccc(OC)c(Br)c2)c(OC)cc1Cl. The minimum atomic E-state index is -0.311. The zero-order valence-corrected chi connectivity index (χ0v) is 16.3. The van der Waals surface area contributed by atoms with Crippen molar-refractivity contribution in [3.05, 3.63) is 51.5 Å². The van der Waals surface area contributed by atoms with Crippen LogP contribution in [-0.2, 0) is 4.79 Å². The fourth-order valence-corrected chi connectivity index (χ4v) is 2.88. The molecular weight excluding hydrogens is 410 g/mol. The maximum Gasteiger partial charge on any atom is 0.248 e. The van der Waals surface area contributed by atoms with Crippen LogP contribution in [0.4, 0.5) is 5.69 Å². The first-order valence-corrected chi connectivity index (χ1v) is 8.39. The third-order valence-electron chi connectivity index (χ3n) is 3.33. The molecule has 5 nitrogen and oxygen atoms in total. The van der Waals surface area contributed by atoms with Crippen LogP contribution in [0.15, 0.2) is 40.9 Å². The van der Waals surface area contributed by atoms with Gasteiger partial charge in [-0.05, 0) is 39.7 Å². The number of anilines is 1. The molecule has 0 aliphatic carbocycles. The molecule has 0 aliphatic rings. The van der Waals surface area contributed by atoms with Crippen molar-refractivity contribution in [2.75, 3.05) is 26.6 Å². The van der Waals surface area contributed by atoms with Gasteiger partial charge in [-0.3, -0.25) is 4.79 Å². The number of amides is 1. The first-order chi connectivity index (χ1) is 12.0. The Kier molecular flexibility index (Phi) is 6.73. The summed E-state index contributed by atoms with van der Waals surface area (Å²) in [7, 11) is 4.59. The van der Waals surface area contributed by atoms with Gasteiger partial charge in [0.05, 0.1) is 36.5 Å². The van der Waals surface area contributed by atoms with Crippen molar-refractivity contribution >= 4 is 45.2 Å². The highest BCUT2D eigenvalue weighted by atomic mass is 79.9. The van der Waals surface area contributed by atoms with E-state index in [4.69, 9.17) is 25.8 Å². The van der Waals surface area contributed by atoms with Gasteiger partial charge in [0.25, 0.3) is 0 Å². The third kappa shape index (κ3) is 4.90. The summed E-state index contributed by atoms with van der Waals surface area (Å²) in [5.74, 6) is 1.30. The molecule has 0 aromatic heterocycles. The van der Waals surface area contributed by atoms with E-state index in [0.29, 0.717) is 22.2 Å². The van der Waals surface area contributed by atoms with Crippen LogP contribution in [0, 0.1) is 0 Å². The smallest absolute Gasteiger partial charge is 0.248 e. The number of rotatable bonds is 6. The molecule has 2 rings (SSSR count). The van der Waals surface area contributed by atoms with Crippen molar-refractivity contribution in [2.45, 2.75) is 0 Å². The van der Waals surface area contributed by atoms with Crippen LogP contribution < -0.4 is 19.5 Å². The quantitative estimate of drug-likeness (QED) is 0.675. The molecule has 1 N–H and O–H groups in total. The first kappa shape index (κ1) is 19.1. The van der Waals surface area contributed by atoms with Gasteiger partial charge in [0, 0.05) is 18.2 Å². The zero-order valence-electron chi connectivity index (χ0n) is 13.9. The summed E-state index contributed by atoms with van der Waals surface area (Å²) in [5, 5.41) is 3.14. The topological polar surface area (TPSA) is 56.8 Å². The molecule has 0 spiro atoms. The molecule has 0 saturated carbocycles. The molecule has 0 atom stereocenters. The second-order valence-corrected chi connectivity index (χ2v) is 6.17. The lowest BCUT2D eigenvalue weighted by atomic mass is 10.2. The van der Waals surface area contributed by atoms with Crippen LogP contribution >= 0.6 is 27.5 Å². The van der Waals surface area contributed by atoms with Crippen LogP contribution in [0.2, 0.25) is 5.02 Å². The number of hydrogen-bond donors (Lipinski definition) is 1. The van der Waals surface area contributed by atoms with Crippen LogP contribution in [0.25, 0.3) is 6.08 Å². The van der Waals surface area contributed by atoms with Gasteiger partial charge < -0.3 is 19.5 Å². The molecule has 2 aromatic rings. The van der Waals surface area contributed by atoms with E-state index in [1.807, 2.05) is 18.2 Å². The fraction of sp³-hybridized carbons (Fsp3) is 0.167. The number of nitrogens with one attached hydrogen (secondary N) is 1. The Labute approximate surface area is 159 Å². The first-order valence-electron chi connectivity index (χ1n) is 7.22. The Hall–Kier alpha value is -2.18. The van der Waals surface area contributed by atoms with E-state index in [-0.39, 0.29) is 5.91 Å². The number of hydrogen-bond acceptors (Lipinski definition) is 4. The zero-order chi connectivity index (χ0) is 18.4. The van der Waals surface area contributed by atoms with Gasteiger partial charge in [-0.1, -0.05) is 17.7 Å². The van der Waals surface area contributed by atoms with Crippen molar-refractivity contribution in [1.82, 2.24) is 0 Å². The minimum absolute atomic E-state index is 0.311. The minimum Gasteiger partial charge on any atom is -0.496 e. The predicted molar refractivity (Wildman–Crippen MR) is 103 cm³/mol. The Balaban J connectivity index is 2.16. The molecule has 132 valence electrons. The molecule has 0 saturated heterocycles. The molecular formula is C18H17BrClNO4. The lowest BCUT2D eigenvalue weighted by molar-refractivity contribution is -0.111. The molecule has 0 heterocycles. The van der Waals surface area contributed by atoms with E-state index in [2.05, 4.69) is 21.2 Å². The van der Waals surface area contributed by atoms with Crippen molar-refractivity contribution < 1.29 is 19.0 Å². The van der Waals surface area contributed by atoms with E-state index in [0.717, 1.165) is 15.8 Å². The maximum absolute atomic E-state index is 12.2. The van der Waals surface area contributed by atoms with E-state index in [1.54, 1.807) is 25.3 Å². The molecule has 0 radical (unpaired) electrons. The number of benzene rings is 2. The van der Waals surface area contributed by atoms with Crippen LogP contribution in [-0.4, -0.2) is 27.2 Å². The van der Waals surface area contributed by atoms with E-state index < -0.39 is 0 Å². The fourth-order valence-electron chi connectivity index (χ4n) is 2.09. The van der Waals surface area contributed by atoms with Crippen molar-refractivity contribution in [3.8, 4) is 17.2 Å². The third-order valence-corrected chi connectivity index (χ3v) is 4.25. The maximum atomic E-state index is 12.2. The van der Waals surface area contributed by atoms with Gasteiger partial charge in [0.1, 0.15) is 17.2 Å². The molecule has 25 heavy (non-hydrogen) atoms. The number of methoxy groups -OCH3 is 3. The lowest BCUT2D eigenvalue weighted by Crippen LogP contribution is -2.09. The lowest BCUT2D eigenvalue weighted by Gasteiger charge is -2.12. The van der Waals surface area contributed by atoms with Gasteiger partial charge in [-0.2, -0.15) is 0 Å². The predicted octanol–water partition coefficient (Wildman–Crippen LogP) is 4.78. The van der Waals surface area contributed by atoms with Crippen LogP contribution in [0.5, 0.6) is 17.2 Å². The highest BCUT2D eigenvalue weighted by Crippen LogP contribution is 2.35. The Morgan fingerprint density at radius 1 is 1.04 bits per heavy atom. The molecule has 0 fully saturated rings. The number of halogens is 2. The van der Waals surface area contributed by atoms with Crippen molar-refractivity contribution in [3.63, 3.8) is 0 Å². The Bertz CT molecular complexity index is 808. The molecule has 7 heteroatoms. The summed E-state index contributed by atoms with van der Waals surface area (Å²) >= 11 is 9.46. The highest BCUT2D eigenvalue weighted by molar-refractivity contribution is 9.10. The molecule has 2 aromatic carbocycles. The van der Waals surface area contributed by atoms with Gasteiger partial charge in [-0.15, -0.1) is 0 Å². The van der Waals surface area contributed by atoms with E-state index >= 15 is 0 Å². The van der Waals surface area contributed by atoms with Gasteiger partial charge in [-0.25, -0.2) is 0 Å². The second-order valence-electron chi connectivity index (χ2n) is 4.90. The van der Waals surface area contributed by atoms with Crippen LogP contribution in [0.3, 0.4) is 0 Å². The average molecular weight is 427 g/mol. The molecule has 0 bridgehead atoms. The normalized spacial score (nSPS) is 10.6. The molecule has 0 aliphatic heterocycles. The summed E-state index contributed by atoms with van der Waals surface area (Å²) in [4.78, 5) is 12.2. The van der Waals surface area contributed by atoms with Crippen molar-refractivity contribution in [2.24, 2.45) is 0 Å². The summed E-state index contributed by atoms with van der Waals surface area (Å²) in [5.41, 5.74) is 1.32. The largest absolute Gasteiger partial charge is 0.496 e.